The fourth-order valence-electron chi connectivity index (χ4n) is 2.31. The van der Waals surface area contributed by atoms with Gasteiger partial charge in [0, 0.05) is 19.7 Å². The van der Waals surface area contributed by atoms with Gasteiger partial charge in [-0.15, -0.1) is 0 Å². The van der Waals surface area contributed by atoms with E-state index in [-0.39, 0.29) is 6.10 Å². The fraction of sp³-hybridized carbons (Fsp3) is 0.538. The highest BCUT2D eigenvalue weighted by atomic mass is 16.5. The lowest BCUT2D eigenvalue weighted by Gasteiger charge is -2.27. The lowest BCUT2D eigenvalue weighted by Crippen LogP contribution is -2.31. The Kier molecular flexibility index (Phi) is 3.34. The second-order valence-electron chi connectivity index (χ2n) is 4.49. The number of hydrogen-bond donors (Lipinski definition) is 1. The summed E-state index contributed by atoms with van der Waals surface area (Å²) in [5, 5.41) is 0. The summed E-state index contributed by atoms with van der Waals surface area (Å²) in [7, 11) is 0. The highest BCUT2D eigenvalue weighted by molar-refractivity contribution is 5.71. The smallest absolute Gasteiger partial charge is 0.0721 e. The Morgan fingerprint density at radius 2 is 2.25 bits per heavy atom. The maximum absolute atomic E-state index is 6.07. The summed E-state index contributed by atoms with van der Waals surface area (Å²) in [4.78, 5) is 2.35. The van der Waals surface area contributed by atoms with Crippen molar-refractivity contribution >= 4 is 11.4 Å². The number of para-hydroxylation sites is 1. The zero-order valence-electron chi connectivity index (χ0n) is 10.1. The van der Waals surface area contributed by atoms with Crippen LogP contribution in [0.5, 0.6) is 0 Å². The lowest BCUT2D eigenvalue weighted by molar-refractivity contribution is 0.0821. The number of ether oxygens (including phenoxy) is 1. The van der Waals surface area contributed by atoms with Crippen LogP contribution in [0.1, 0.15) is 18.9 Å². The van der Waals surface area contributed by atoms with Crippen LogP contribution in [-0.4, -0.2) is 25.8 Å². The minimum absolute atomic E-state index is 0.279. The first-order valence-electron chi connectivity index (χ1n) is 5.90. The van der Waals surface area contributed by atoms with Crippen molar-refractivity contribution in [2.24, 2.45) is 0 Å². The molecule has 3 nitrogen and oxygen atoms in total. The number of benzene rings is 1. The molecule has 1 saturated heterocycles. The van der Waals surface area contributed by atoms with Gasteiger partial charge in [0.15, 0.2) is 0 Å². The Balaban J connectivity index is 2.28. The Hall–Kier alpha value is -1.22. The van der Waals surface area contributed by atoms with Gasteiger partial charge in [-0.25, -0.2) is 0 Å². The summed E-state index contributed by atoms with van der Waals surface area (Å²) in [5.41, 5.74) is 9.36. The van der Waals surface area contributed by atoms with Crippen molar-refractivity contribution in [3.63, 3.8) is 0 Å². The van der Waals surface area contributed by atoms with Crippen LogP contribution in [0.2, 0.25) is 0 Å². The van der Waals surface area contributed by atoms with Gasteiger partial charge in [-0.05, 0) is 31.9 Å². The lowest BCUT2D eigenvalue weighted by atomic mass is 10.1. The Labute approximate surface area is 97.2 Å². The number of nitrogens with two attached hydrogens (primary N) is 1. The molecule has 1 atom stereocenters. The third-order valence-electron chi connectivity index (χ3n) is 3.04. The number of hydrogen-bond acceptors (Lipinski definition) is 3. The average molecular weight is 220 g/mol. The molecule has 88 valence electrons. The second kappa shape index (κ2) is 4.74. The minimum Gasteiger partial charge on any atom is -0.397 e. The fourth-order valence-corrected chi connectivity index (χ4v) is 2.31. The average Bonchev–Trinajstić information content (AvgIpc) is 2.43. The number of nitrogens with zero attached hydrogens (tertiary/aromatic N) is 1. The van der Waals surface area contributed by atoms with Crippen LogP contribution < -0.4 is 10.6 Å². The molecule has 1 aliphatic heterocycles. The SMILES string of the molecule is Cc1cccc(N)c1N1CCCOC(C)C1. The maximum atomic E-state index is 6.07. The zero-order chi connectivity index (χ0) is 11.5. The van der Waals surface area contributed by atoms with Crippen LogP contribution in [0.15, 0.2) is 18.2 Å². The molecule has 2 rings (SSSR count). The van der Waals surface area contributed by atoms with Crippen molar-refractivity contribution in [3.05, 3.63) is 23.8 Å². The van der Waals surface area contributed by atoms with Crippen LogP contribution in [0.25, 0.3) is 0 Å². The summed E-state index contributed by atoms with van der Waals surface area (Å²) in [6.07, 6.45) is 1.35. The number of rotatable bonds is 1. The molecule has 2 N–H and O–H groups in total. The van der Waals surface area contributed by atoms with E-state index in [4.69, 9.17) is 10.5 Å². The van der Waals surface area contributed by atoms with Gasteiger partial charge in [0.25, 0.3) is 0 Å². The predicted molar refractivity (Wildman–Crippen MR) is 67.8 cm³/mol. The molecular formula is C13H20N2O. The molecule has 0 spiro atoms. The molecule has 0 amide bonds. The van der Waals surface area contributed by atoms with Crippen LogP contribution in [0.3, 0.4) is 0 Å². The molecular weight excluding hydrogens is 200 g/mol. The van der Waals surface area contributed by atoms with E-state index >= 15 is 0 Å². The molecule has 1 heterocycles. The van der Waals surface area contributed by atoms with E-state index in [0.717, 1.165) is 31.8 Å². The van der Waals surface area contributed by atoms with Crippen molar-refractivity contribution in [2.45, 2.75) is 26.4 Å². The minimum atomic E-state index is 0.279. The first-order valence-corrected chi connectivity index (χ1v) is 5.90. The van der Waals surface area contributed by atoms with Gasteiger partial charge in [0.2, 0.25) is 0 Å². The molecule has 1 aromatic rings. The first-order chi connectivity index (χ1) is 7.68. The summed E-state index contributed by atoms with van der Waals surface area (Å²) in [5.74, 6) is 0. The maximum Gasteiger partial charge on any atom is 0.0721 e. The van der Waals surface area contributed by atoms with E-state index in [9.17, 15) is 0 Å². The van der Waals surface area contributed by atoms with Gasteiger partial charge in [-0.3, -0.25) is 0 Å². The second-order valence-corrected chi connectivity index (χ2v) is 4.49. The topological polar surface area (TPSA) is 38.5 Å². The van der Waals surface area contributed by atoms with Gasteiger partial charge >= 0.3 is 0 Å². The molecule has 1 aromatic carbocycles. The third kappa shape index (κ3) is 2.30. The van der Waals surface area contributed by atoms with E-state index in [1.165, 1.54) is 11.3 Å². The molecule has 3 heteroatoms. The van der Waals surface area contributed by atoms with Crippen LogP contribution in [0.4, 0.5) is 11.4 Å². The van der Waals surface area contributed by atoms with Crippen LogP contribution in [-0.2, 0) is 4.74 Å². The molecule has 1 aliphatic rings. The largest absolute Gasteiger partial charge is 0.397 e. The molecule has 0 saturated carbocycles. The Morgan fingerprint density at radius 3 is 3.00 bits per heavy atom. The van der Waals surface area contributed by atoms with Crippen molar-refractivity contribution in [1.29, 1.82) is 0 Å². The molecule has 0 bridgehead atoms. The molecule has 0 radical (unpaired) electrons. The molecule has 1 unspecified atom stereocenters. The van der Waals surface area contributed by atoms with Crippen molar-refractivity contribution in [1.82, 2.24) is 0 Å². The highest BCUT2D eigenvalue weighted by Gasteiger charge is 2.18. The van der Waals surface area contributed by atoms with Gasteiger partial charge in [-0.1, -0.05) is 12.1 Å². The van der Waals surface area contributed by atoms with Crippen molar-refractivity contribution in [3.8, 4) is 0 Å². The van der Waals surface area contributed by atoms with E-state index < -0.39 is 0 Å². The Morgan fingerprint density at radius 1 is 1.44 bits per heavy atom. The van der Waals surface area contributed by atoms with E-state index in [0.29, 0.717) is 0 Å². The molecule has 16 heavy (non-hydrogen) atoms. The Bertz CT molecular complexity index is 345. The van der Waals surface area contributed by atoms with Gasteiger partial charge < -0.3 is 15.4 Å². The molecule has 0 aromatic heterocycles. The van der Waals surface area contributed by atoms with Crippen LogP contribution >= 0.6 is 0 Å². The molecule has 0 aliphatic carbocycles. The summed E-state index contributed by atoms with van der Waals surface area (Å²) >= 11 is 0. The first kappa shape index (κ1) is 11.3. The quantitative estimate of drug-likeness (QED) is 0.737. The van der Waals surface area contributed by atoms with Gasteiger partial charge in [0.05, 0.1) is 17.5 Å². The van der Waals surface area contributed by atoms with Crippen molar-refractivity contribution in [2.75, 3.05) is 30.3 Å². The summed E-state index contributed by atoms with van der Waals surface area (Å²) in [6.45, 7) is 7.03. The van der Waals surface area contributed by atoms with Gasteiger partial charge in [-0.2, -0.15) is 0 Å². The zero-order valence-corrected chi connectivity index (χ0v) is 10.1. The number of nitrogen functional groups attached to an aromatic ring is 1. The predicted octanol–water partition coefficient (Wildman–Crippen LogP) is 2.19. The summed E-state index contributed by atoms with van der Waals surface area (Å²) in [6, 6.07) is 6.09. The molecule has 1 fully saturated rings. The van der Waals surface area contributed by atoms with Gasteiger partial charge in [0.1, 0.15) is 0 Å². The number of aryl methyl sites for hydroxylation is 1. The van der Waals surface area contributed by atoms with E-state index in [1.54, 1.807) is 0 Å². The standard InChI is InChI=1S/C13H20N2O/c1-10-5-3-6-12(14)13(10)15-7-4-8-16-11(2)9-15/h3,5-6,11H,4,7-9,14H2,1-2H3. The normalized spacial score (nSPS) is 21.9. The summed E-state index contributed by atoms with van der Waals surface area (Å²) < 4.78 is 5.65. The van der Waals surface area contributed by atoms with E-state index in [2.05, 4.69) is 24.8 Å². The number of anilines is 2. The van der Waals surface area contributed by atoms with E-state index in [1.807, 2.05) is 12.1 Å². The third-order valence-corrected chi connectivity index (χ3v) is 3.04. The highest BCUT2D eigenvalue weighted by Crippen LogP contribution is 2.28. The monoisotopic (exact) mass is 220 g/mol. The van der Waals surface area contributed by atoms with Crippen molar-refractivity contribution < 1.29 is 4.74 Å². The van der Waals surface area contributed by atoms with Crippen LogP contribution in [0, 0.1) is 6.92 Å².